The maximum atomic E-state index is 9.63. The molecule has 0 saturated carbocycles. The van der Waals surface area contributed by atoms with Crippen LogP contribution in [0.15, 0.2) is 36.4 Å². The number of aromatic hydroxyl groups is 1. The number of para-hydroxylation sites is 1. The Balaban J connectivity index is 2.47. The number of nitriles is 1. The van der Waals surface area contributed by atoms with Crippen molar-refractivity contribution in [2.45, 2.75) is 13.8 Å². The second kappa shape index (κ2) is 4.80. The molecule has 1 N–H and O–H groups in total. The van der Waals surface area contributed by atoms with Crippen LogP contribution in [-0.4, -0.2) is 5.11 Å². The molecule has 0 aliphatic heterocycles. The van der Waals surface area contributed by atoms with Gasteiger partial charge < -0.3 is 9.84 Å². The van der Waals surface area contributed by atoms with E-state index in [1.807, 2.05) is 19.1 Å². The molecule has 90 valence electrons. The molecule has 0 aliphatic carbocycles. The van der Waals surface area contributed by atoms with Crippen LogP contribution in [0.2, 0.25) is 0 Å². The highest BCUT2D eigenvalue weighted by molar-refractivity contribution is 5.52. The summed E-state index contributed by atoms with van der Waals surface area (Å²) in [5, 5.41) is 18.7. The number of phenolic OH excluding ortho intramolecular Hbond substituents is 1. The molecule has 2 aromatic rings. The van der Waals surface area contributed by atoms with Crippen LogP contribution < -0.4 is 4.74 Å². The third kappa shape index (κ3) is 2.14. The van der Waals surface area contributed by atoms with E-state index in [4.69, 9.17) is 10.00 Å². The highest BCUT2D eigenvalue weighted by Crippen LogP contribution is 2.33. The van der Waals surface area contributed by atoms with Crippen molar-refractivity contribution in [2.24, 2.45) is 0 Å². The number of phenols is 1. The molecule has 18 heavy (non-hydrogen) atoms. The summed E-state index contributed by atoms with van der Waals surface area (Å²) in [5.41, 5.74) is 2.03. The number of ether oxygens (including phenoxy) is 1. The Bertz CT molecular complexity index is 627. The number of rotatable bonds is 2. The van der Waals surface area contributed by atoms with E-state index in [0.29, 0.717) is 22.6 Å². The van der Waals surface area contributed by atoms with E-state index in [1.54, 1.807) is 31.2 Å². The van der Waals surface area contributed by atoms with Crippen LogP contribution in [0.25, 0.3) is 0 Å². The molecule has 0 fully saturated rings. The quantitative estimate of drug-likeness (QED) is 0.869. The maximum absolute atomic E-state index is 9.63. The lowest BCUT2D eigenvalue weighted by Crippen LogP contribution is -1.93. The lowest BCUT2D eigenvalue weighted by Gasteiger charge is -2.12. The molecule has 3 nitrogen and oxygen atoms in total. The minimum atomic E-state index is 0.180. The molecule has 2 aromatic carbocycles. The van der Waals surface area contributed by atoms with E-state index in [0.717, 1.165) is 5.56 Å². The Labute approximate surface area is 106 Å². The molecule has 0 amide bonds. The number of hydrogen-bond donors (Lipinski definition) is 1. The van der Waals surface area contributed by atoms with Crippen LogP contribution >= 0.6 is 0 Å². The smallest absolute Gasteiger partial charge is 0.148 e. The SMILES string of the molecule is Cc1cccc(C#N)c1Oc1cccc(O)c1C. The highest BCUT2D eigenvalue weighted by atomic mass is 16.5. The fourth-order valence-corrected chi connectivity index (χ4v) is 1.70. The van der Waals surface area contributed by atoms with Crippen LogP contribution in [0.3, 0.4) is 0 Å². The predicted octanol–water partition coefficient (Wildman–Crippen LogP) is 3.67. The van der Waals surface area contributed by atoms with Crippen LogP contribution in [0.4, 0.5) is 0 Å². The van der Waals surface area contributed by atoms with Gasteiger partial charge >= 0.3 is 0 Å². The monoisotopic (exact) mass is 239 g/mol. The van der Waals surface area contributed by atoms with E-state index in [9.17, 15) is 5.11 Å². The van der Waals surface area contributed by atoms with Gasteiger partial charge in [0.15, 0.2) is 0 Å². The molecule has 3 heteroatoms. The Hall–Kier alpha value is -2.47. The van der Waals surface area contributed by atoms with Gasteiger partial charge in [0.2, 0.25) is 0 Å². The second-order valence-corrected chi connectivity index (χ2v) is 4.07. The van der Waals surface area contributed by atoms with Gasteiger partial charge in [-0.25, -0.2) is 0 Å². The van der Waals surface area contributed by atoms with Crippen LogP contribution in [0, 0.1) is 25.2 Å². The predicted molar refractivity (Wildman–Crippen MR) is 68.8 cm³/mol. The number of benzene rings is 2. The zero-order chi connectivity index (χ0) is 13.1. The summed E-state index contributed by atoms with van der Waals surface area (Å²) < 4.78 is 5.76. The zero-order valence-electron chi connectivity index (χ0n) is 10.3. The molecule has 0 bridgehead atoms. The number of hydrogen-bond acceptors (Lipinski definition) is 3. The molecular formula is C15H13NO2. The Morgan fingerprint density at radius 3 is 2.56 bits per heavy atom. The first-order valence-electron chi connectivity index (χ1n) is 5.59. The number of nitrogens with zero attached hydrogens (tertiary/aromatic N) is 1. The molecule has 0 aromatic heterocycles. The van der Waals surface area contributed by atoms with Crippen molar-refractivity contribution in [1.82, 2.24) is 0 Å². The molecule has 0 radical (unpaired) electrons. The van der Waals surface area contributed by atoms with Crippen molar-refractivity contribution in [3.05, 3.63) is 53.1 Å². The van der Waals surface area contributed by atoms with Gasteiger partial charge in [0.05, 0.1) is 5.56 Å². The van der Waals surface area contributed by atoms with Gasteiger partial charge in [-0.1, -0.05) is 18.2 Å². The fraction of sp³-hybridized carbons (Fsp3) is 0.133. The Morgan fingerprint density at radius 1 is 1.11 bits per heavy atom. The van der Waals surface area contributed by atoms with Gasteiger partial charge in [0, 0.05) is 5.56 Å². The second-order valence-electron chi connectivity index (χ2n) is 4.07. The van der Waals surface area contributed by atoms with E-state index >= 15 is 0 Å². The van der Waals surface area contributed by atoms with Gasteiger partial charge in [-0.2, -0.15) is 5.26 Å². The Kier molecular flexibility index (Phi) is 3.20. The average Bonchev–Trinajstić information content (AvgIpc) is 2.37. The number of aryl methyl sites for hydroxylation is 1. The summed E-state index contributed by atoms with van der Waals surface area (Å²) in [6, 6.07) is 12.6. The van der Waals surface area contributed by atoms with Gasteiger partial charge in [-0.3, -0.25) is 0 Å². The summed E-state index contributed by atoms with van der Waals surface area (Å²) in [4.78, 5) is 0. The molecule has 0 heterocycles. The summed E-state index contributed by atoms with van der Waals surface area (Å²) in [6.45, 7) is 3.66. The van der Waals surface area contributed by atoms with E-state index in [2.05, 4.69) is 6.07 Å². The summed E-state index contributed by atoms with van der Waals surface area (Å²) in [5.74, 6) is 1.27. The van der Waals surface area contributed by atoms with Crippen molar-refractivity contribution in [3.8, 4) is 23.3 Å². The molecule has 0 spiro atoms. The van der Waals surface area contributed by atoms with Crippen molar-refractivity contribution in [2.75, 3.05) is 0 Å². The maximum Gasteiger partial charge on any atom is 0.148 e. The van der Waals surface area contributed by atoms with Gasteiger partial charge in [-0.15, -0.1) is 0 Å². The molecule has 0 aliphatic rings. The van der Waals surface area contributed by atoms with Crippen molar-refractivity contribution in [1.29, 1.82) is 5.26 Å². The van der Waals surface area contributed by atoms with Gasteiger partial charge in [0.25, 0.3) is 0 Å². The van der Waals surface area contributed by atoms with Crippen LogP contribution in [0.5, 0.6) is 17.2 Å². The minimum Gasteiger partial charge on any atom is -0.508 e. The Morgan fingerprint density at radius 2 is 1.83 bits per heavy atom. The zero-order valence-corrected chi connectivity index (χ0v) is 10.3. The highest BCUT2D eigenvalue weighted by Gasteiger charge is 2.10. The van der Waals surface area contributed by atoms with Crippen LogP contribution in [-0.2, 0) is 0 Å². The lowest BCUT2D eigenvalue weighted by molar-refractivity contribution is 0.446. The van der Waals surface area contributed by atoms with Crippen molar-refractivity contribution < 1.29 is 9.84 Å². The minimum absolute atomic E-state index is 0.180. The fourth-order valence-electron chi connectivity index (χ4n) is 1.70. The standard InChI is InChI=1S/C15H13NO2/c1-10-5-3-6-12(9-16)15(10)18-14-8-4-7-13(17)11(14)2/h3-8,17H,1-2H3. The summed E-state index contributed by atoms with van der Waals surface area (Å²) in [6.07, 6.45) is 0. The first-order valence-corrected chi connectivity index (χ1v) is 5.59. The molecular weight excluding hydrogens is 226 g/mol. The average molecular weight is 239 g/mol. The van der Waals surface area contributed by atoms with Crippen molar-refractivity contribution >= 4 is 0 Å². The summed E-state index contributed by atoms with van der Waals surface area (Å²) in [7, 11) is 0. The topological polar surface area (TPSA) is 53.2 Å². The first-order chi connectivity index (χ1) is 8.63. The lowest BCUT2D eigenvalue weighted by atomic mass is 10.1. The largest absolute Gasteiger partial charge is 0.508 e. The van der Waals surface area contributed by atoms with Gasteiger partial charge in [0.1, 0.15) is 23.3 Å². The third-order valence-electron chi connectivity index (χ3n) is 2.80. The molecule has 2 rings (SSSR count). The van der Waals surface area contributed by atoms with Gasteiger partial charge in [-0.05, 0) is 37.6 Å². The van der Waals surface area contributed by atoms with Crippen molar-refractivity contribution in [3.63, 3.8) is 0 Å². The summed E-state index contributed by atoms with van der Waals surface area (Å²) >= 11 is 0. The van der Waals surface area contributed by atoms with E-state index in [1.165, 1.54) is 0 Å². The van der Waals surface area contributed by atoms with E-state index < -0.39 is 0 Å². The molecule has 0 unspecified atom stereocenters. The van der Waals surface area contributed by atoms with Crippen LogP contribution in [0.1, 0.15) is 16.7 Å². The first kappa shape index (κ1) is 12.0. The van der Waals surface area contributed by atoms with E-state index in [-0.39, 0.29) is 5.75 Å². The third-order valence-corrected chi connectivity index (χ3v) is 2.80. The molecule has 0 atom stereocenters. The normalized spacial score (nSPS) is 9.83. The molecule has 0 saturated heterocycles.